The summed E-state index contributed by atoms with van der Waals surface area (Å²) >= 11 is 0. The molecule has 0 spiro atoms. The van der Waals surface area contributed by atoms with Gasteiger partial charge in [0.1, 0.15) is 0 Å². The van der Waals surface area contributed by atoms with Crippen LogP contribution in [0.15, 0.2) is 18.2 Å². The molecule has 0 aliphatic heterocycles. The molecule has 20 heavy (non-hydrogen) atoms. The Hall–Kier alpha value is -1.55. The molecule has 0 bridgehead atoms. The number of ether oxygens (including phenoxy) is 1. The number of hydrogen-bond donors (Lipinski definition) is 1. The lowest BCUT2D eigenvalue weighted by atomic mass is 10.1. The molecule has 0 unspecified atom stereocenters. The lowest BCUT2D eigenvalue weighted by molar-refractivity contribution is 0.155. The quantitative estimate of drug-likeness (QED) is 0.830. The second kappa shape index (κ2) is 8.59. The zero-order valence-corrected chi connectivity index (χ0v) is 13.0. The number of nitrogens with one attached hydrogen (secondary N) is 1. The fourth-order valence-corrected chi connectivity index (χ4v) is 2.17. The first-order valence-corrected chi connectivity index (χ1v) is 7.27. The van der Waals surface area contributed by atoms with Gasteiger partial charge in [-0.15, -0.1) is 0 Å². The summed E-state index contributed by atoms with van der Waals surface area (Å²) in [7, 11) is 1.65. The number of para-hydroxylation sites is 1. The Bertz CT molecular complexity index is 432. The van der Waals surface area contributed by atoms with Gasteiger partial charge >= 0.3 is 6.03 Å². The normalized spacial score (nSPS) is 10.4. The Labute approximate surface area is 122 Å². The van der Waals surface area contributed by atoms with Crippen LogP contribution in [0.25, 0.3) is 0 Å². The number of carbonyl (C=O) groups is 1. The van der Waals surface area contributed by atoms with E-state index in [0.29, 0.717) is 13.2 Å². The standard InChI is InChI=1S/C16H26N2O2/c1-5-10-18(11-12-20-4)16(19)17-15-13(3)8-7-9-14(15)6-2/h7-9H,5-6,10-12H2,1-4H3,(H,17,19). The third-order valence-electron chi connectivity index (χ3n) is 3.32. The highest BCUT2D eigenvalue weighted by molar-refractivity contribution is 5.91. The van der Waals surface area contributed by atoms with E-state index < -0.39 is 0 Å². The number of rotatable bonds is 7. The van der Waals surface area contributed by atoms with Crippen LogP contribution in [0.4, 0.5) is 10.5 Å². The van der Waals surface area contributed by atoms with Crippen molar-refractivity contribution in [2.45, 2.75) is 33.6 Å². The monoisotopic (exact) mass is 278 g/mol. The highest BCUT2D eigenvalue weighted by Crippen LogP contribution is 2.21. The van der Waals surface area contributed by atoms with E-state index in [-0.39, 0.29) is 6.03 Å². The molecule has 0 aromatic heterocycles. The number of methoxy groups -OCH3 is 1. The van der Waals surface area contributed by atoms with Crippen LogP contribution in [0.3, 0.4) is 0 Å². The highest BCUT2D eigenvalue weighted by atomic mass is 16.5. The van der Waals surface area contributed by atoms with Crippen LogP contribution in [-0.4, -0.2) is 37.7 Å². The summed E-state index contributed by atoms with van der Waals surface area (Å²) in [5, 5.41) is 3.05. The molecule has 1 aromatic rings. The van der Waals surface area contributed by atoms with Gasteiger partial charge in [0.25, 0.3) is 0 Å². The van der Waals surface area contributed by atoms with Gasteiger partial charge in [-0.05, 0) is 30.9 Å². The van der Waals surface area contributed by atoms with Crippen LogP contribution in [0.2, 0.25) is 0 Å². The Kier molecular flexibility index (Phi) is 7.09. The average molecular weight is 278 g/mol. The summed E-state index contributed by atoms with van der Waals surface area (Å²) in [6.07, 6.45) is 1.84. The molecular weight excluding hydrogens is 252 g/mol. The number of carbonyl (C=O) groups excluding carboxylic acids is 1. The number of benzene rings is 1. The molecule has 2 amide bonds. The van der Waals surface area contributed by atoms with Gasteiger partial charge in [0, 0.05) is 25.9 Å². The van der Waals surface area contributed by atoms with E-state index in [2.05, 4.69) is 25.2 Å². The van der Waals surface area contributed by atoms with Crippen LogP contribution >= 0.6 is 0 Å². The first-order chi connectivity index (χ1) is 9.63. The predicted molar refractivity (Wildman–Crippen MR) is 83.3 cm³/mol. The molecule has 1 rings (SSSR count). The SMILES string of the molecule is CCCN(CCOC)C(=O)Nc1c(C)cccc1CC. The number of nitrogens with zero attached hydrogens (tertiary/aromatic N) is 1. The van der Waals surface area contributed by atoms with Gasteiger partial charge in [0.05, 0.1) is 6.61 Å². The number of hydrogen-bond acceptors (Lipinski definition) is 2. The third kappa shape index (κ3) is 4.53. The van der Waals surface area contributed by atoms with Gasteiger partial charge in [0.2, 0.25) is 0 Å². The van der Waals surface area contributed by atoms with Crippen LogP contribution in [0.5, 0.6) is 0 Å². The molecule has 0 aliphatic carbocycles. The van der Waals surface area contributed by atoms with E-state index in [0.717, 1.165) is 30.6 Å². The summed E-state index contributed by atoms with van der Waals surface area (Å²) < 4.78 is 5.07. The molecule has 0 fully saturated rings. The van der Waals surface area contributed by atoms with Crippen LogP contribution in [0.1, 0.15) is 31.4 Å². The third-order valence-corrected chi connectivity index (χ3v) is 3.32. The van der Waals surface area contributed by atoms with E-state index in [1.807, 2.05) is 19.1 Å². The van der Waals surface area contributed by atoms with Crippen LogP contribution in [0, 0.1) is 6.92 Å². The van der Waals surface area contributed by atoms with Gasteiger partial charge in [-0.25, -0.2) is 4.79 Å². The van der Waals surface area contributed by atoms with Crippen LogP contribution in [-0.2, 0) is 11.2 Å². The van der Waals surface area contributed by atoms with Crippen molar-refractivity contribution >= 4 is 11.7 Å². The maximum Gasteiger partial charge on any atom is 0.321 e. The van der Waals surface area contributed by atoms with E-state index in [1.54, 1.807) is 12.0 Å². The number of anilines is 1. The largest absolute Gasteiger partial charge is 0.383 e. The lowest BCUT2D eigenvalue weighted by Gasteiger charge is -2.23. The van der Waals surface area contributed by atoms with E-state index in [4.69, 9.17) is 4.74 Å². The van der Waals surface area contributed by atoms with Crippen molar-refractivity contribution in [3.05, 3.63) is 29.3 Å². The summed E-state index contributed by atoms with van der Waals surface area (Å²) in [5.41, 5.74) is 3.21. The van der Waals surface area contributed by atoms with E-state index in [9.17, 15) is 4.79 Å². The molecule has 1 aromatic carbocycles. The molecular formula is C16H26N2O2. The van der Waals surface area contributed by atoms with Crippen molar-refractivity contribution in [2.75, 3.05) is 32.1 Å². The van der Waals surface area contributed by atoms with Gasteiger partial charge in [0.15, 0.2) is 0 Å². The van der Waals surface area contributed by atoms with Gasteiger partial charge in [-0.3, -0.25) is 0 Å². The van der Waals surface area contributed by atoms with Crippen molar-refractivity contribution in [3.8, 4) is 0 Å². The first kappa shape index (κ1) is 16.5. The Morgan fingerprint density at radius 1 is 1.30 bits per heavy atom. The Morgan fingerprint density at radius 2 is 2.05 bits per heavy atom. The van der Waals surface area contributed by atoms with Gasteiger partial charge < -0.3 is 15.0 Å². The summed E-state index contributed by atoms with van der Waals surface area (Å²) in [4.78, 5) is 14.2. The summed E-state index contributed by atoms with van der Waals surface area (Å²) in [6.45, 7) is 8.10. The highest BCUT2D eigenvalue weighted by Gasteiger charge is 2.14. The fourth-order valence-electron chi connectivity index (χ4n) is 2.17. The average Bonchev–Trinajstić information content (AvgIpc) is 2.45. The Balaban J connectivity index is 2.81. The molecule has 0 atom stereocenters. The van der Waals surface area contributed by atoms with Crippen molar-refractivity contribution in [2.24, 2.45) is 0 Å². The minimum atomic E-state index is -0.0482. The minimum absolute atomic E-state index is 0.0482. The molecule has 1 N–H and O–H groups in total. The molecule has 0 radical (unpaired) electrons. The van der Waals surface area contributed by atoms with E-state index in [1.165, 1.54) is 5.56 Å². The molecule has 0 heterocycles. The fraction of sp³-hybridized carbons (Fsp3) is 0.562. The first-order valence-electron chi connectivity index (χ1n) is 7.27. The molecule has 4 heteroatoms. The van der Waals surface area contributed by atoms with Crippen molar-refractivity contribution in [1.82, 2.24) is 4.90 Å². The maximum absolute atomic E-state index is 12.4. The smallest absolute Gasteiger partial charge is 0.321 e. The molecule has 0 aliphatic rings. The molecule has 112 valence electrons. The second-order valence-corrected chi connectivity index (χ2v) is 4.87. The second-order valence-electron chi connectivity index (χ2n) is 4.87. The summed E-state index contributed by atoms with van der Waals surface area (Å²) in [5.74, 6) is 0. The predicted octanol–water partition coefficient (Wildman–Crippen LogP) is 3.45. The number of aryl methyl sites for hydroxylation is 2. The van der Waals surface area contributed by atoms with Gasteiger partial charge in [-0.2, -0.15) is 0 Å². The zero-order chi connectivity index (χ0) is 15.0. The Morgan fingerprint density at radius 3 is 2.65 bits per heavy atom. The van der Waals surface area contributed by atoms with Crippen molar-refractivity contribution in [1.29, 1.82) is 0 Å². The number of urea groups is 1. The minimum Gasteiger partial charge on any atom is -0.383 e. The summed E-state index contributed by atoms with van der Waals surface area (Å²) in [6, 6.07) is 6.06. The van der Waals surface area contributed by atoms with E-state index >= 15 is 0 Å². The molecule has 0 saturated carbocycles. The molecule has 0 saturated heterocycles. The molecule has 4 nitrogen and oxygen atoms in total. The topological polar surface area (TPSA) is 41.6 Å². The van der Waals surface area contributed by atoms with Gasteiger partial charge in [-0.1, -0.05) is 32.0 Å². The number of amides is 2. The van der Waals surface area contributed by atoms with Crippen molar-refractivity contribution < 1.29 is 9.53 Å². The van der Waals surface area contributed by atoms with Crippen LogP contribution < -0.4 is 5.32 Å². The zero-order valence-electron chi connectivity index (χ0n) is 13.0. The van der Waals surface area contributed by atoms with Crippen molar-refractivity contribution in [3.63, 3.8) is 0 Å². The maximum atomic E-state index is 12.4. The lowest BCUT2D eigenvalue weighted by Crippen LogP contribution is -2.38.